The third kappa shape index (κ3) is 3.22. The molecule has 0 atom stereocenters. The highest BCUT2D eigenvalue weighted by molar-refractivity contribution is 6.31. The van der Waals surface area contributed by atoms with Crippen molar-refractivity contribution in [2.45, 2.75) is 25.7 Å². The lowest BCUT2D eigenvalue weighted by Gasteiger charge is -2.41. The van der Waals surface area contributed by atoms with E-state index in [0.717, 1.165) is 19.3 Å². The standard InChI is InChI=1S/C14H17ClN2O3/c15-9-2-3-10(13(16)20)11(6-9)17-8-14(4-1-5-14)7-12(18)19/h2-3,6,17H,1,4-5,7-8H2,(H2,16,20)(H,18,19). The van der Waals surface area contributed by atoms with Crippen LogP contribution in [0.25, 0.3) is 0 Å². The van der Waals surface area contributed by atoms with Gasteiger partial charge in [0.2, 0.25) is 0 Å². The van der Waals surface area contributed by atoms with Crippen molar-refractivity contribution in [2.75, 3.05) is 11.9 Å². The van der Waals surface area contributed by atoms with Crippen LogP contribution in [0.5, 0.6) is 0 Å². The number of carbonyl (C=O) groups excluding carboxylic acids is 1. The Morgan fingerprint density at radius 3 is 2.60 bits per heavy atom. The number of hydrogen-bond donors (Lipinski definition) is 3. The molecule has 0 unspecified atom stereocenters. The van der Waals surface area contributed by atoms with Crippen molar-refractivity contribution in [1.29, 1.82) is 0 Å². The summed E-state index contributed by atoms with van der Waals surface area (Å²) in [5.41, 5.74) is 6.00. The number of benzene rings is 1. The van der Waals surface area contributed by atoms with Crippen LogP contribution in [0.15, 0.2) is 18.2 Å². The molecule has 0 spiro atoms. The SMILES string of the molecule is NC(=O)c1ccc(Cl)cc1NCC1(CC(=O)O)CCC1. The fraction of sp³-hybridized carbons (Fsp3) is 0.429. The number of carboxylic acids is 1. The molecule has 1 fully saturated rings. The molecule has 0 saturated heterocycles. The lowest BCUT2D eigenvalue weighted by Crippen LogP contribution is -2.38. The largest absolute Gasteiger partial charge is 0.481 e. The van der Waals surface area contributed by atoms with Crippen LogP contribution in [0.3, 0.4) is 0 Å². The molecule has 1 amide bonds. The molecule has 0 radical (unpaired) electrons. The highest BCUT2D eigenvalue weighted by Crippen LogP contribution is 2.44. The second-order valence-electron chi connectivity index (χ2n) is 5.33. The molecule has 4 N–H and O–H groups in total. The van der Waals surface area contributed by atoms with Gasteiger partial charge in [0.25, 0.3) is 5.91 Å². The van der Waals surface area contributed by atoms with Gasteiger partial charge in [-0.05, 0) is 36.5 Å². The molecule has 6 heteroatoms. The summed E-state index contributed by atoms with van der Waals surface area (Å²) in [6.45, 7) is 0.500. The van der Waals surface area contributed by atoms with Crippen molar-refractivity contribution in [3.05, 3.63) is 28.8 Å². The highest BCUT2D eigenvalue weighted by atomic mass is 35.5. The Bertz CT molecular complexity index is 541. The Labute approximate surface area is 122 Å². The molecule has 1 aliphatic carbocycles. The molecule has 0 aliphatic heterocycles. The topological polar surface area (TPSA) is 92.4 Å². The normalized spacial score (nSPS) is 16.2. The number of rotatable bonds is 6. The molecule has 2 rings (SSSR count). The van der Waals surface area contributed by atoms with E-state index in [0.29, 0.717) is 22.8 Å². The van der Waals surface area contributed by atoms with Gasteiger partial charge in [-0.25, -0.2) is 0 Å². The zero-order chi connectivity index (χ0) is 14.8. The van der Waals surface area contributed by atoms with E-state index in [1.165, 1.54) is 0 Å². The first kappa shape index (κ1) is 14.7. The number of carbonyl (C=O) groups is 2. The van der Waals surface area contributed by atoms with E-state index >= 15 is 0 Å². The van der Waals surface area contributed by atoms with E-state index in [1.54, 1.807) is 18.2 Å². The highest BCUT2D eigenvalue weighted by Gasteiger charge is 2.38. The minimum atomic E-state index is -0.798. The quantitative estimate of drug-likeness (QED) is 0.752. The second-order valence-corrected chi connectivity index (χ2v) is 5.77. The first-order chi connectivity index (χ1) is 9.42. The first-order valence-electron chi connectivity index (χ1n) is 6.47. The van der Waals surface area contributed by atoms with Crippen LogP contribution >= 0.6 is 11.6 Å². The third-order valence-corrected chi connectivity index (χ3v) is 4.08. The number of carboxylic acid groups (broad SMARTS) is 1. The van der Waals surface area contributed by atoms with E-state index in [1.807, 2.05) is 0 Å². The van der Waals surface area contributed by atoms with Crippen molar-refractivity contribution in [2.24, 2.45) is 11.1 Å². The molecule has 1 aromatic carbocycles. The van der Waals surface area contributed by atoms with Gasteiger partial charge < -0.3 is 16.2 Å². The third-order valence-electron chi connectivity index (χ3n) is 3.84. The van der Waals surface area contributed by atoms with Crippen LogP contribution in [0.4, 0.5) is 5.69 Å². The van der Waals surface area contributed by atoms with Gasteiger partial charge in [-0.2, -0.15) is 0 Å². The van der Waals surface area contributed by atoms with Gasteiger partial charge in [-0.1, -0.05) is 18.0 Å². The van der Waals surface area contributed by atoms with Gasteiger partial charge in [0.15, 0.2) is 0 Å². The molecular formula is C14H17ClN2O3. The molecule has 5 nitrogen and oxygen atoms in total. The van der Waals surface area contributed by atoms with Crippen molar-refractivity contribution >= 4 is 29.2 Å². The Hall–Kier alpha value is -1.75. The minimum absolute atomic E-state index is 0.131. The number of nitrogens with one attached hydrogen (secondary N) is 1. The van der Waals surface area contributed by atoms with Crippen LogP contribution in [0.1, 0.15) is 36.0 Å². The smallest absolute Gasteiger partial charge is 0.303 e. The van der Waals surface area contributed by atoms with Crippen LogP contribution in [0, 0.1) is 5.41 Å². The van der Waals surface area contributed by atoms with Crippen molar-refractivity contribution in [3.8, 4) is 0 Å². The molecule has 0 bridgehead atoms. The summed E-state index contributed by atoms with van der Waals surface area (Å²) in [5, 5.41) is 12.6. The minimum Gasteiger partial charge on any atom is -0.481 e. The maximum atomic E-state index is 11.4. The molecule has 0 aromatic heterocycles. The predicted molar refractivity (Wildman–Crippen MR) is 77.0 cm³/mol. The van der Waals surface area contributed by atoms with E-state index in [9.17, 15) is 9.59 Å². The number of hydrogen-bond acceptors (Lipinski definition) is 3. The van der Waals surface area contributed by atoms with Gasteiger partial charge in [0.05, 0.1) is 12.0 Å². The fourth-order valence-corrected chi connectivity index (χ4v) is 2.75. The van der Waals surface area contributed by atoms with Gasteiger partial charge in [-0.3, -0.25) is 9.59 Å². The molecule has 0 heterocycles. The number of amides is 1. The molecule has 108 valence electrons. The van der Waals surface area contributed by atoms with Crippen molar-refractivity contribution in [1.82, 2.24) is 0 Å². The average molecular weight is 297 g/mol. The molecule has 20 heavy (non-hydrogen) atoms. The maximum Gasteiger partial charge on any atom is 0.303 e. The van der Waals surface area contributed by atoms with Crippen LogP contribution < -0.4 is 11.1 Å². The van der Waals surface area contributed by atoms with Gasteiger partial charge in [-0.15, -0.1) is 0 Å². The number of aliphatic carboxylic acids is 1. The number of primary amides is 1. The lowest BCUT2D eigenvalue weighted by molar-refractivity contribution is -0.141. The second kappa shape index (κ2) is 5.71. The van der Waals surface area contributed by atoms with Crippen molar-refractivity contribution in [3.63, 3.8) is 0 Å². The summed E-state index contributed by atoms with van der Waals surface area (Å²) in [6, 6.07) is 4.80. The van der Waals surface area contributed by atoms with Crippen LogP contribution in [-0.2, 0) is 4.79 Å². The Morgan fingerprint density at radius 1 is 1.40 bits per heavy atom. The first-order valence-corrected chi connectivity index (χ1v) is 6.85. The summed E-state index contributed by atoms with van der Waals surface area (Å²) in [5.74, 6) is -1.34. The summed E-state index contributed by atoms with van der Waals surface area (Å²) in [6.07, 6.45) is 2.91. The van der Waals surface area contributed by atoms with Crippen LogP contribution in [-0.4, -0.2) is 23.5 Å². The van der Waals surface area contributed by atoms with E-state index in [-0.39, 0.29) is 11.8 Å². The predicted octanol–water partition coefficient (Wildman–Crippen LogP) is 2.50. The molecular weight excluding hydrogens is 280 g/mol. The molecule has 1 aliphatic rings. The van der Waals surface area contributed by atoms with Gasteiger partial charge in [0.1, 0.15) is 0 Å². The van der Waals surface area contributed by atoms with E-state index < -0.39 is 11.9 Å². The zero-order valence-corrected chi connectivity index (χ0v) is 11.7. The zero-order valence-electron chi connectivity index (χ0n) is 11.0. The lowest BCUT2D eigenvalue weighted by atomic mass is 9.66. The fourth-order valence-electron chi connectivity index (χ4n) is 2.57. The Morgan fingerprint density at radius 2 is 2.10 bits per heavy atom. The summed E-state index contributed by atoms with van der Waals surface area (Å²) in [7, 11) is 0. The number of halogens is 1. The maximum absolute atomic E-state index is 11.4. The summed E-state index contributed by atoms with van der Waals surface area (Å²) < 4.78 is 0. The molecule has 1 saturated carbocycles. The monoisotopic (exact) mass is 296 g/mol. The Balaban J connectivity index is 2.12. The number of anilines is 1. The van der Waals surface area contributed by atoms with Crippen LogP contribution in [0.2, 0.25) is 5.02 Å². The van der Waals surface area contributed by atoms with Gasteiger partial charge >= 0.3 is 5.97 Å². The summed E-state index contributed by atoms with van der Waals surface area (Å²) in [4.78, 5) is 22.3. The Kier molecular flexibility index (Phi) is 4.18. The average Bonchev–Trinajstić information content (AvgIpc) is 2.31. The van der Waals surface area contributed by atoms with E-state index in [4.69, 9.17) is 22.4 Å². The van der Waals surface area contributed by atoms with Crippen molar-refractivity contribution < 1.29 is 14.7 Å². The molecule has 1 aromatic rings. The number of nitrogens with two attached hydrogens (primary N) is 1. The summed E-state index contributed by atoms with van der Waals surface area (Å²) >= 11 is 5.92. The van der Waals surface area contributed by atoms with Gasteiger partial charge in [0, 0.05) is 17.3 Å². The van der Waals surface area contributed by atoms with E-state index in [2.05, 4.69) is 5.32 Å².